The van der Waals surface area contributed by atoms with E-state index in [0.29, 0.717) is 18.7 Å². The first kappa shape index (κ1) is 22.9. The van der Waals surface area contributed by atoms with Crippen LogP contribution < -0.4 is 5.32 Å². The van der Waals surface area contributed by atoms with Crippen molar-refractivity contribution in [3.8, 4) is 0 Å². The van der Waals surface area contributed by atoms with Gasteiger partial charge in [-0.25, -0.2) is 8.42 Å². The molecule has 0 fully saturated rings. The second-order valence-electron chi connectivity index (χ2n) is 7.76. The number of carbonyl (C=O) groups excluding carboxylic acids is 1. The molecule has 3 aromatic carbocycles. The third-order valence-electron chi connectivity index (χ3n) is 5.51. The van der Waals surface area contributed by atoms with Crippen LogP contribution in [0.15, 0.2) is 65.6 Å². The average molecular weight is 486 g/mol. The monoisotopic (exact) mass is 485 g/mol. The molecular formula is C23H20ClN3O5S. The predicted molar refractivity (Wildman–Crippen MR) is 125 cm³/mol. The number of carbonyl (C=O) groups is 1. The molecule has 0 aliphatic carbocycles. The molecule has 0 radical (unpaired) electrons. The molecule has 1 heterocycles. The maximum atomic E-state index is 13.1. The topological polar surface area (TPSA) is 110 Å². The van der Waals surface area contributed by atoms with Gasteiger partial charge in [0.15, 0.2) is 0 Å². The van der Waals surface area contributed by atoms with Gasteiger partial charge in [-0.1, -0.05) is 35.4 Å². The summed E-state index contributed by atoms with van der Waals surface area (Å²) in [6.45, 7) is 2.44. The van der Waals surface area contributed by atoms with E-state index >= 15 is 0 Å². The van der Waals surface area contributed by atoms with Crippen LogP contribution >= 0.6 is 11.6 Å². The van der Waals surface area contributed by atoms with Crippen molar-refractivity contribution in [3.63, 3.8) is 0 Å². The van der Waals surface area contributed by atoms with Crippen LogP contribution in [-0.2, 0) is 23.0 Å². The van der Waals surface area contributed by atoms with Crippen LogP contribution in [0.1, 0.15) is 27.0 Å². The summed E-state index contributed by atoms with van der Waals surface area (Å²) < 4.78 is 27.5. The molecule has 0 saturated carbocycles. The van der Waals surface area contributed by atoms with E-state index in [1.165, 1.54) is 16.4 Å². The number of halogens is 1. The SMILES string of the molecule is Cc1ccc(S(=O)(=O)N2CCc3ccc(NC(=O)c4ccc(Cl)c([N+](=O)[O-])c4)cc3C2)cc1. The molecule has 0 unspecified atom stereocenters. The van der Waals surface area contributed by atoms with Gasteiger partial charge in [-0.15, -0.1) is 0 Å². The Bertz CT molecular complexity index is 1360. The Labute approximate surface area is 196 Å². The summed E-state index contributed by atoms with van der Waals surface area (Å²) in [5, 5.41) is 13.7. The van der Waals surface area contributed by atoms with Crippen molar-refractivity contribution in [1.29, 1.82) is 0 Å². The van der Waals surface area contributed by atoms with E-state index in [-0.39, 0.29) is 27.7 Å². The molecule has 0 bridgehead atoms. The average Bonchev–Trinajstić information content (AvgIpc) is 2.79. The number of nitrogens with one attached hydrogen (secondary N) is 1. The summed E-state index contributed by atoms with van der Waals surface area (Å²) in [5.74, 6) is -0.533. The molecule has 0 atom stereocenters. The minimum absolute atomic E-state index is 0.0554. The largest absolute Gasteiger partial charge is 0.322 e. The van der Waals surface area contributed by atoms with Gasteiger partial charge in [0.2, 0.25) is 10.0 Å². The van der Waals surface area contributed by atoms with Crippen LogP contribution in [0.25, 0.3) is 0 Å². The van der Waals surface area contributed by atoms with Gasteiger partial charge >= 0.3 is 0 Å². The van der Waals surface area contributed by atoms with Gasteiger partial charge in [-0.3, -0.25) is 14.9 Å². The van der Waals surface area contributed by atoms with Crippen LogP contribution in [0, 0.1) is 17.0 Å². The lowest BCUT2D eigenvalue weighted by atomic mass is 10.0. The van der Waals surface area contributed by atoms with Crippen molar-refractivity contribution < 1.29 is 18.1 Å². The Morgan fingerprint density at radius 3 is 2.48 bits per heavy atom. The number of aryl methyl sites for hydroxylation is 1. The fourth-order valence-corrected chi connectivity index (χ4v) is 5.28. The Kier molecular flexibility index (Phi) is 6.20. The number of rotatable bonds is 5. The van der Waals surface area contributed by atoms with E-state index in [1.807, 2.05) is 13.0 Å². The third-order valence-corrected chi connectivity index (χ3v) is 7.68. The van der Waals surface area contributed by atoms with Gasteiger partial charge in [-0.2, -0.15) is 4.31 Å². The van der Waals surface area contributed by atoms with Gasteiger partial charge in [0.25, 0.3) is 11.6 Å². The predicted octanol–water partition coefficient (Wildman–Crippen LogP) is 4.56. The zero-order valence-corrected chi connectivity index (χ0v) is 19.2. The molecular weight excluding hydrogens is 466 g/mol. The highest BCUT2D eigenvalue weighted by atomic mass is 35.5. The van der Waals surface area contributed by atoms with Crippen LogP contribution in [0.3, 0.4) is 0 Å². The normalized spacial score (nSPS) is 13.9. The van der Waals surface area contributed by atoms with Crippen molar-refractivity contribution in [2.24, 2.45) is 0 Å². The van der Waals surface area contributed by atoms with E-state index in [1.54, 1.807) is 36.4 Å². The molecule has 170 valence electrons. The Balaban J connectivity index is 1.54. The lowest BCUT2D eigenvalue weighted by Gasteiger charge is -2.28. The Morgan fingerprint density at radius 2 is 1.79 bits per heavy atom. The second-order valence-corrected chi connectivity index (χ2v) is 10.1. The molecule has 0 aromatic heterocycles. The maximum Gasteiger partial charge on any atom is 0.288 e. The minimum atomic E-state index is -3.65. The highest BCUT2D eigenvalue weighted by Gasteiger charge is 2.28. The molecule has 0 spiro atoms. The van der Waals surface area contributed by atoms with Crippen LogP contribution in [0.2, 0.25) is 5.02 Å². The Hall–Kier alpha value is -3.27. The highest BCUT2D eigenvalue weighted by molar-refractivity contribution is 7.89. The molecule has 3 aromatic rings. The fourth-order valence-electron chi connectivity index (χ4n) is 3.67. The molecule has 33 heavy (non-hydrogen) atoms. The number of nitro groups is 1. The van der Waals surface area contributed by atoms with Crippen molar-refractivity contribution in [2.75, 3.05) is 11.9 Å². The number of hydrogen-bond donors (Lipinski definition) is 1. The quantitative estimate of drug-likeness (QED) is 0.421. The summed E-state index contributed by atoms with van der Waals surface area (Å²) in [7, 11) is -3.65. The zero-order chi connectivity index (χ0) is 23.8. The van der Waals surface area contributed by atoms with Crippen molar-refractivity contribution in [3.05, 3.63) is 98.1 Å². The van der Waals surface area contributed by atoms with E-state index < -0.39 is 20.9 Å². The number of fused-ring (bicyclic) bond motifs is 1. The molecule has 1 amide bonds. The molecule has 1 N–H and O–H groups in total. The van der Waals surface area contributed by atoms with Crippen LogP contribution in [0.4, 0.5) is 11.4 Å². The molecule has 0 saturated heterocycles. The van der Waals surface area contributed by atoms with Crippen LogP contribution in [-0.4, -0.2) is 30.1 Å². The lowest BCUT2D eigenvalue weighted by Crippen LogP contribution is -2.36. The minimum Gasteiger partial charge on any atom is -0.322 e. The number of nitrogens with zero attached hydrogens (tertiary/aromatic N) is 2. The first-order chi connectivity index (χ1) is 15.6. The lowest BCUT2D eigenvalue weighted by molar-refractivity contribution is -0.384. The number of nitro benzene ring substituents is 1. The van der Waals surface area contributed by atoms with Gasteiger partial charge < -0.3 is 5.32 Å². The van der Waals surface area contributed by atoms with Gasteiger partial charge in [-0.05, 0) is 60.9 Å². The third kappa shape index (κ3) is 4.75. The van der Waals surface area contributed by atoms with Gasteiger partial charge in [0.05, 0.1) is 9.82 Å². The second kappa shape index (κ2) is 8.93. The van der Waals surface area contributed by atoms with Gasteiger partial charge in [0.1, 0.15) is 5.02 Å². The molecule has 10 heteroatoms. The van der Waals surface area contributed by atoms with E-state index in [9.17, 15) is 23.3 Å². The van der Waals surface area contributed by atoms with Gasteiger partial charge in [0, 0.05) is 30.4 Å². The fraction of sp³-hybridized carbons (Fsp3) is 0.174. The molecule has 1 aliphatic rings. The van der Waals surface area contributed by atoms with E-state index in [4.69, 9.17) is 11.6 Å². The summed E-state index contributed by atoms with van der Waals surface area (Å²) in [5.41, 5.74) is 2.97. The number of hydrogen-bond acceptors (Lipinski definition) is 5. The maximum absolute atomic E-state index is 13.1. The number of anilines is 1. The van der Waals surface area contributed by atoms with E-state index in [2.05, 4.69) is 5.32 Å². The summed E-state index contributed by atoms with van der Waals surface area (Å²) >= 11 is 5.81. The summed E-state index contributed by atoms with van der Waals surface area (Å²) in [6, 6.07) is 15.9. The number of sulfonamides is 1. The molecule has 1 aliphatic heterocycles. The number of benzene rings is 3. The van der Waals surface area contributed by atoms with Crippen LogP contribution in [0.5, 0.6) is 0 Å². The highest BCUT2D eigenvalue weighted by Crippen LogP contribution is 2.28. The first-order valence-electron chi connectivity index (χ1n) is 10.1. The zero-order valence-electron chi connectivity index (χ0n) is 17.6. The Morgan fingerprint density at radius 1 is 1.06 bits per heavy atom. The van der Waals surface area contributed by atoms with Crippen molar-refractivity contribution in [1.82, 2.24) is 4.31 Å². The molecule has 8 nitrogen and oxygen atoms in total. The summed E-state index contributed by atoms with van der Waals surface area (Å²) in [6.07, 6.45) is 0.554. The van der Waals surface area contributed by atoms with E-state index in [0.717, 1.165) is 22.8 Å². The first-order valence-corrected chi connectivity index (χ1v) is 11.9. The smallest absolute Gasteiger partial charge is 0.288 e. The molecule has 4 rings (SSSR count). The van der Waals surface area contributed by atoms with Crippen molar-refractivity contribution in [2.45, 2.75) is 24.8 Å². The standard InChI is InChI=1S/C23H20ClN3O5S/c1-15-2-7-20(8-3-15)33(31,32)26-11-10-16-4-6-19(12-18(16)14-26)25-23(28)17-5-9-21(24)22(13-17)27(29)30/h2-9,12-13H,10-11,14H2,1H3,(H,25,28). The van der Waals surface area contributed by atoms with Crippen molar-refractivity contribution >= 4 is 38.9 Å². The number of amides is 1. The summed E-state index contributed by atoms with van der Waals surface area (Å²) in [4.78, 5) is 23.3.